The average Bonchev–Trinajstić information content (AvgIpc) is 2.43. The van der Waals surface area contributed by atoms with Crippen LogP contribution in [0.1, 0.15) is 11.3 Å². The smallest absolute Gasteiger partial charge is 0.289 e. The fourth-order valence-corrected chi connectivity index (χ4v) is 2.37. The summed E-state index contributed by atoms with van der Waals surface area (Å²) in [6.07, 6.45) is 1.17. The molecule has 0 aliphatic rings. The van der Waals surface area contributed by atoms with Gasteiger partial charge in [0.05, 0.1) is 32.9 Å². The van der Waals surface area contributed by atoms with Gasteiger partial charge in [-0.1, -0.05) is 11.6 Å². The molecule has 2 N–H and O–H groups in total. The molecule has 7 nitrogen and oxygen atoms in total. The third-order valence-corrected chi connectivity index (χ3v) is 4.18. The molecule has 0 aliphatic carbocycles. The van der Waals surface area contributed by atoms with Crippen molar-refractivity contribution in [3.8, 4) is 0 Å². The zero-order chi connectivity index (χ0) is 15.7. The summed E-state index contributed by atoms with van der Waals surface area (Å²) < 4.78 is 1.31. The summed E-state index contributed by atoms with van der Waals surface area (Å²) in [4.78, 5) is 26.7. The Hall–Kier alpha value is -1.93. The molecule has 0 spiro atoms. The van der Waals surface area contributed by atoms with Crippen LogP contribution < -0.4 is 11.3 Å². The molecule has 0 saturated heterocycles. The molecule has 0 aromatic carbocycles. The monoisotopic (exact) mass is 372 g/mol. The Bertz CT molecular complexity index is 791. The summed E-state index contributed by atoms with van der Waals surface area (Å²) in [5.74, 6) is 0.253. The minimum Gasteiger partial charge on any atom is -0.384 e. The van der Waals surface area contributed by atoms with E-state index in [0.29, 0.717) is 10.7 Å². The van der Waals surface area contributed by atoms with E-state index >= 15 is 0 Å². The van der Waals surface area contributed by atoms with Crippen molar-refractivity contribution in [1.82, 2.24) is 9.55 Å². The highest BCUT2D eigenvalue weighted by atomic mass is 79.9. The van der Waals surface area contributed by atoms with E-state index in [1.54, 1.807) is 6.07 Å². The van der Waals surface area contributed by atoms with Gasteiger partial charge < -0.3 is 10.3 Å². The van der Waals surface area contributed by atoms with Crippen LogP contribution in [0.5, 0.6) is 0 Å². The minimum atomic E-state index is -0.551. The zero-order valence-electron chi connectivity index (χ0n) is 10.8. The molecule has 21 heavy (non-hydrogen) atoms. The number of nitro groups is 1. The Morgan fingerprint density at radius 2 is 2.19 bits per heavy atom. The third kappa shape index (κ3) is 3.06. The number of pyridine rings is 2. The number of hydrogen-bond donors (Lipinski definition) is 1. The number of hydrogen-bond acceptors (Lipinski definition) is 5. The maximum Gasteiger partial charge on any atom is 0.289 e. The van der Waals surface area contributed by atoms with E-state index in [4.69, 9.17) is 17.3 Å². The van der Waals surface area contributed by atoms with Crippen LogP contribution in [-0.4, -0.2) is 14.5 Å². The van der Waals surface area contributed by atoms with Gasteiger partial charge in [-0.05, 0) is 35.0 Å². The molecule has 2 aromatic heterocycles. The van der Waals surface area contributed by atoms with Gasteiger partial charge in [0.2, 0.25) is 0 Å². The molecule has 0 aliphatic heterocycles. The third-order valence-electron chi connectivity index (χ3n) is 2.90. The molecule has 0 bridgehead atoms. The molecule has 0 unspecified atom stereocenters. The van der Waals surface area contributed by atoms with Crippen LogP contribution in [-0.2, 0) is 6.54 Å². The predicted octanol–water partition coefficient (Wildman–Crippen LogP) is 2.51. The maximum absolute atomic E-state index is 12.2. The van der Waals surface area contributed by atoms with E-state index in [1.165, 1.54) is 23.8 Å². The molecule has 0 amide bonds. The van der Waals surface area contributed by atoms with E-state index in [2.05, 4.69) is 20.9 Å². The molecular formula is C12H10BrClN4O3. The van der Waals surface area contributed by atoms with Gasteiger partial charge in [-0.3, -0.25) is 14.9 Å². The van der Waals surface area contributed by atoms with Gasteiger partial charge in [-0.2, -0.15) is 0 Å². The number of anilines is 1. The number of halogens is 2. The van der Waals surface area contributed by atoms with Crippen LogP contribution in [0.2, 0.25) is 5.02 Å². The van der Waals surface area contributed by atoms with Crippen molar-refractivity contribution in [2.45, 2.75) is 13.5 Å². The Kier molecular flexibility index (Phi) is 4.29. The fourth-order valence-electron chi connectivity index (χ4n) is 1.78. The normalized spacial score (nSPS) is 10.6. The molecule has 0 atom stereocenters. The first-order chi connectivity index (χ1) is 9.81. The van der Waals surface area contributed by atoms with E-state index < -0.39 is 10.5 Å². The van der Waals surface area contributed by atoms with Crippen LogP contribution >= 0.6 is 27.5 Å². The van der Waals surface area contributed by atoms with Crippen LogP contribution in [0.15, 0.2) is 27.6 Å². The number of nitrogens with zero attached hydrogens (tertiary/aromatic N) is 3. The first kappa shape index (κ1) is 15.5. The van der Waals surface area contributed by atoms with Crippen molar-refractivity contribution in [3.05, 3.63) is 59.6 Å². The first-order valence-electron chi connectivity index (χ1n) is 5.76. The number of nitrogen functional groups attached to an aromatic ring is 1. The number of rotatable bonds is 3. The molecule has 0 radical (unpaired) electrons. The van der Waals surface area contributed by atoms with E-state index in [9.17, 15) is 14.9 Å². The number of aromatic nitrogens is 2. The Labute approximate surface area is 132 Å². The number of nitrogens with two attached hydrogens (primary N) is 1. The van der Waals surface area contributed by atoms with Gasteiger partial charge in [0.25, 0.3) is 11.2 Å². The van der Waals surface area contributed by atoms with Gasteiger partial charge in [-0.25, -0.2) is 4.98 Å². The quantitative estimate of drug-likeness (QED) is 0.657. The summed E-state index contributed by atoms with van der Waals surface area (Å²) in [7, 11) is 0. The maximum atomic E-state index is 12.2. The van der Waals surface area contributed by atoms with Crippen molar-refractivity contribution in [2.24, 2.45) is 0 Å². The summed E-state index contributed by atoms with van der Waals surface area (Å²) in [6, 6.07) is 3.09. The molecule has 2 rings (SSSR count). The molecule has 2 aromatic rings. The molecule has 110 valence electrons. The minimum absolute atomic E-state index is 0.0115. The van der Waals surface area contributed by atoms with Crippen LogP contribution in [0.3, 0.4) is 0 Å². The van der Waals surface area contributed by atoms with Crippen molar-refractivity contribution >= 4 is 39.0 Å². The van der Waals surface area contributed by atoms with Gasteiger partial charge in [0, 0.05) is 5.56 Å². The predicted molar refractivity (Wildman–Crippen MR) is 82.6 cm³/mol. The topological polar surface area (TPSA) is 104 Å². The highest BCUT2D eigenvalue weighted by Crippen LogP contribution is 2.23. The second-order valence-electron chi connectivity index (χ2n) is 4.31. The average molecular weight is 374 g/mol. The second kappa shape index (κ2) is 5.82. The highest BCUT2D eigenvalue weighted by Gasteiger charge is 2.19. The van der Waals surface area contributed by atoms with Crippen molar-refractivity contribution in [2.75, 3.05) is 5.73 Å². The molecule has 0 fully saturated rings. The highest BCUT2D eigenvalue weighted by molar-refractivity contribution is 9.10. The van der Waals surface area contributed by atoms with Crippen molar-refractivity contribution < 1.29 is 4.92 Å². The fraction of sp³-hybridized carbons (Fsp3) is 0.167. The lowest BCUT2D eigenvalue weighted by atomic mass is 10.2. The lowest BCUT2D eigenvalue weighted by molar-refractivity contribution is -0.386. The van der Waals surface area contributed by atoms with Crippen molar-refractivity contribution in [1.29, 1.82) is 0 Å². The van der Waals surface area contributed by atoms with Gasteiger partial charge in [-0.15, -0.1) is 0 Å². The van der Waals surface area contributed by atoms with Crippen LogP contribution in [0.25, 0.3) is 0 Å². The zero-order valence-corrected chi connectivity index (χ0v) is 13.2. The summed E-state index contributed by atoms with van der Waals surface area (Å²) in [5.41, 5.74) is 5.64. The molecule has 0 saturated carbocycles. The Morgan fingerprint density at radius 1 is 1.52 bits per heavy atom. The van der Waals surface area contributed by atoms with E-state index in [-0.39, 0.29) is 28.1 Å². The summed E-state index contributed by atoms with van der Waals surface area (Å²) >= 11 is 9.07. The summed E-state index contributed by atoms with van der Waals surface area (Å²) in [5, 5.41) is 11.3. The molecule has 2 heterocycles. The van der Waals surface area contributed by atoms with Crippen molar-refractivity contribution in [3.63, 3.8) is 0 Å². The lowest BCUT2D eigenvalue weighted by Crippen LogP contribution is -2.23. The van der Waals surface area contributed by atoms with Crippen LogP contribution in [0, 0.1) is 17.0 Å². The first-order valence-corrected chi connectivity index (χ1v) is 6.93. The standard InChI is InChI=1S/C12H10BrClN4O3/c1-6-9(18(20)21)5-17(12(19)11(6)13)4-8-7(14)2-3-10(15)16-8/h2-3,5H,4H2,1H3,(H2,15,16). The van der Waals surface area contributed by atoms with Gasteiger partial charge in [0.15, 0.2) is 0 Å². The van der Waals surface area contributed by atoms with Gasteiger partial charge in [0.1, 0.15) is 5.82 Å². The van der Waals surface area contributed by atoms with E-state index in [0.717, 1.165) is 0 Å². The second-order valence-corrected chi connectivity index (χ2v) is 5.51. The van der Waals surface area contributed by atoms with E-state index in [1.807, 2.05) is 0 Å². The van der Waals surface area contributed by atoms with Gasteiger partial charge >= 0.3 is 0 Å². The lowest BCUT2D eigenvalue weighted by Gasteiger charge is -2.09. The Balaban J connectivity index is 2.57. The Morgan fingerprint density at radius 3 is 2.81 bits per heavy atom. The van der Waals surface area contributed by atoms with Crippen LogP contribution in [0.4, 0.5) is 11.5 Å². The molecular weight excluding hydrogens is 364 g/mol. The summed E-state index contributed by atoms with van der Waals surface area (Å²) in [6.45, 7) is 1.49. The SMILES string of the molecule is Cc1c([N+](=O)[O-])cn(Cc2nc(N)ccc2Cl)c(=O)c1Br. The largest absolute Gasteiger partial charge is 0.384 e. The molecule has 9 heteroatoms.